The third kappa shape index (κ3) is 6.91. The standard InChI is InChI=1S/C39H64O18/c1-35(2)15-38-10-6-20-36(3,8-5-9-37(20,4)34(50)51)21(38)7-11-39(35,16-38)57-33-30(56-32-28(49)26(47)23(44)18(13-41)53-32)29(24(45)19(14-42)54-33)55-31-27(48)25(46)22(43)17(12-40)52-31/h17-33,40-49H,5-16H2,1-4H3,(H,50,51). The summed E-state index contributed by atoms with van der Waals surface area (Å²) in [5.41, 5.74) is -2.67. The summed E-state index contributed by atoms with van der Waals surface area (Å²) in [6.45, 7) is 6.10. The Morgan fingerprint density at radius 3 is 1.65 bits per heavy atom. The number of aliphatic carboxylic acids is 1. The van der Waals surface area contributed by atoms with Gasteiger partial charge in [0, 0.05) is 0 Å². The van der Waals surface area contributed by atoms with Crippen molar-refractivity contribution in [1.29, 1.82) is 0 Å². The van der Waals surface area contributed by atoms with Crippen molar-refractivity contribution < 1.29 is 89.4 Å². The van der Waals surface area contributed by atoms with E-state index in [0.29, 0.717) is 19.3 Å². The second-order valence-corrected chi connectivity index (χ2v) is 19.3. The molecule has 21 unspecified atom stereocenters. The molecule has 7 fully saturated rings. The maximum Gasteiger partial charge on any atom is 0.309 e. The van der Waals surface area contributed by atoms with Gasteiger partial charge in [-0.05, 0) is 86.4 Å². The number of hydrogen-bond acceptors (Lipinski definition) is 17. The van der Waals surface area contributed by atoms with E-state index < -0.39 is 134 Å². The second-order valence-electron chi connectivity index (χ2n) is 19.3. The highest BCUT2D eigenvalue weighted by atomic mass is 16.8. The minimum atomic E-state index is -1.90. The first kappa shape index (κ1) is 43.9. The summed E-state index contributed by atoms with van der Waals surface area (Å²) >= 11 is 0. The Kier molecular flexibility index (Phi) is 12.0. The predicted molar refractivity (Wildman–Crippen MR) is 191 cm³/mol. The molecule has 1 spiro atoms. The topological polar surface area (TPSA) is 295 Å². The van der Waals surface area contributed by atoms with Crippen molar-refractivity contribution in [1.82, 2.24) is 0 Å². The highest BCUT2D eigenvalue weighted by Gasteiger charge is 2.72. The first-order chi connectivity index (χ1) is 26.7. The molecule has 2 bridgehead atoms. The minimum absolute atomic E-state index is 0.00845. The van der Waals surface area contributed by atoms with Crippen LogP contribution in [0.2, 0.25) is 0 Å². The molecular formula is C39H64O18. The number of aliphatic hydroxyl groups is 10. The van der Waals surface area contributed by atoms with Gasteiger partial charge >= 0.3 is 5.97 Å². The highest BCUT2D eigenvalue weighted by Crippen LogP contribution is 2.76. The third-order valence-corrected chi connectivity index (χ3v) is 15.9. The number of carbonyl (C=O) groups is 1. The maximum absolute atomic E-state index is 12.7. The molecule has 0 aromatic rings. The summed E-state index contributed by atoms with van der Waals surface area (Å²) in [6, 6.07) is 0. The van der Waals surface area contributed by atoms with E-state index in [1.54, 1.807) is 0 Å². The number of hydrogen-bond donors (Lipinski definition) is 11. The van der Waals surface area contributed by atoms with Gasteiger partial charge in [-0.2, -0.15) is 0 Å². The number of ether oxygens (including phenoxy) is 6. The normalized spacial score (nSPS) is 54.8. The SMILES string of the molecule is CC1(C(=O)O)CCCC2(C)C3CCC4(OC5OC(CO)C(O)C(OC6OC(CO)C(O)C(O)C6O)C5OC5OC(CO)C(O)C(O)C5O)CC3(CCC12)CC4(C)C. The van der Waals surface area contributed by atoms with Crippen LogP contribution in [0.5, 0.6) is 0 Å². The Morgan fingerprint density at radius 2 is 1.11 bits per heavy atom. The van der Waals surface area contributed by atoms with Crippen LogP contribution in [-0.2, 0) is 33.2 Å². The summed E-state index contributed by atoms with van der Waals surface area (Å²) in [5, 5.41) is 116. The lowest BCUT2D eigenvalue weighted by atomic mass is 9.41. The molecule has 3 saturated heterocycles. The van der Waals surface area contributed by atoms with Crippen LogP contribution < -0.4 is 0 Å². The summed E-state index contributed by atoms with van der Waals surface area (Å²) < 4.78 is 37.1. The highest BCUT2D eigenvalue weighted by molar-refractivity contribution is 5.75. The maximum atomic E-state index is 12.7. The lowest BCUT2D eigenvalue weighted by Gasteiger charge is -2.64. The molecule has 21 atom stereocenters. The van der Waals surface area contributed by atoms with Gasteiger partial charge in [0.25, 0.3) is 0 Å². The molecule has 18 nitrogen and oxygen atoms in total. The molecule has 11 N–H and O–H groups in total. The third-order valence-electron chi connectivity index (χ3n) is 15.9. The molecule has 7 aliphatic rings. The van der Waals surface area contributed by atoms with Crippen LogP contribution in [-0.4, -0.2) is 180 Å². The van der Waals surface area contributed by atoms with Crippen molar-refractivity contribution in [2.75, 3.05) is 19.8 Å². The molecule has 57 heavy (non-hydrogen) atoms. The van der Waals surface area contributed by atoms with Gasteiger partial charge in [-0.3, -0.25) is 4.79 Å². The average molecular weight is 821 g/mol. The Balaban J connectivity index is 1.23. The molecule has 4 aliphatic carbocycles. The minimum Gasteiger partial charge on any atom is -0.481 e. The van der Waals surface area contributed by atoms with E-state index >= 15 is 0 Å². The lowest BCUT2D eigenvalue weighted by Crippen LogP contribution is -2.68. The van der Waals surface area contributed by atoms with Crippen LogP contribution >= 0.6 is 0 Å². The summed E-state index contributed by atoms with van der Waals surface area (Å²) in [5.74, 6) is -0.534. The number of carboxylic acids is 1. The van der Waals surface area contributed by atoms with E-state index in [-0.39, 0.29) is 22.7 Å². The molecule has 328 valence electrons. The first-order valence-electron chi connectivity index (χ1n) is 20.5. The lowest BCUT2D eigenvalue weighted by molar-refractivity contribution is -0.404. The largest absolute Gasteiger partial charge is 0.481 e. The van der Waals surface area contributed by atoms with Gasteiger partial charge in [0.15, 0.2) is 18.9 Å². The van der Waals surface area contributed by atoms with Crippen molar-refractivity contribution >= 4 is 5.97 Å². The Bertz CT molecular complexity index is 1450. The Morgan fingerprint density at radius 1 is 0.596 bits per heavy atom. The zero-order chi connectivity index (χ0) is 41.6. The molecule has 0 aromatic heterocycles. The fourth-order valence-corrected chi connectivity index (χ4v) is 12.9. The monoisotopic (exact) mass is 820 g/mol. The van der Waals surface area contributed by atoms with E-state index in [9.17, 15) is 61.0 Å². The van der Waals surface area contributed by atoms with Crippen LogP contribution in [0.1, 0.15) is 85.5 Å². The summed E-state index contributed by atoms with van der Waals surface area (Å²) in [6.07, 6.45) is -18.6. The Hall–Kier alpha value is -1.17. The summed E-state index contributed by atoms with van der Waals surface area (Å²) in [7, 11) is 0. The molecule has 7 rings (SSSR count). The quantitative estimate of drug-likeness (QED) is 0.107. The van der Waals surface area contributed by atoms with E-state index in [2.05, 4.69) is 20.8 Å². The van der Waals surface area contributed by atoms with Crippen LogP contribution in [0, 0.1) is 33.5 Å². The molecule has 0 aromatic carbocycles. The molecular weight excluding hydrogens is 756 g/mol. The molecule has 0 amide bonds. The van der Waals surface area contributed by atoms with Crippen LogP contribution in [0.3, 0.4) is 0 Å². The van der Waals surface area contributed by atoms with Crippen molar-refractivity contribution in [3.05, 3.63) is 0 Å². The second kappa shape index (κ2) is 15.6. The number of rotatable bonds is 10. The van der Waals surface area contributed by atoms with Gasteiger partial charge < -0.3 is 84.6 Å². The van der Waals surface area contributed by atoms with Gasteiger partial charge in [-0.1, -0.05) is 27.2 Å². The first-order valence-corrected chi connectivity index (χ1v) is 20.5. The fraction of sp³-hybridized carbons (Fsp3) is 0.974. The molecule has 4 saturated carbocycles. The zero-order valence-corrected chi connectivity index (χ0v) is 33.1. The molecule has 18 heteroatoms. The smallest absolute Gasteiger partial charge is 0.309 e. The van der Waals surface area contributed by atoms with Crippen LogP contribution in [0.25, 0.3) is 0 Å². The van der Waals surface area contributed by atoms with Gasteiger partial charge in [0.1, 0.15) is 73.2 Å². The molecule has 0 radical (unpaired) electrons. The van der Waals surface area contributed by atoms with E-state index in [1.165, 1.54) is 0 Å². The molecule has 3 heterocycles. The van der Waals surface area contributed by atoms with Crippen molar-refractivity contribution in [3.8, 4) is 0 Å². The van der Waals surface area contributed by atoms with E-state index in [1.807, 2.05) is 6.92 Å². The fourth-order valence-electron chi connectivity index (χ4n) is 12.9. The van der Waals surface area contributed by atoms with Crippen molar-refractivity contribution in [2.45, 2.75) is 183 Å². The van der Waals surface area contributed by atoms with Crippen molar-refractivity contribution in [2.24, 2.45) is 33.5 Å². The number of fused-ring (bicyclic) bond motifs is 3. The van der Waals surface area contributed by atoms with Gasteiger partial charge in [0.05, 0.1) is 30.8 Å². The van der Waals surface area contributed by atoms with E-state index in [4.69, 9.17) is 28.4 Å². The predicted octanol–water partition coefficient (Wildman–Crippen LogP) is -1.90. The van der Waals surface area contributed by atoms with Gasteiger partial charge in [-0.25, -0.2) is 0 Å². The zero-order valence-electron chi connectivity index (χ0n) is 33.1. The van der Waals surface area contributed by atoms with Crippen LogP contribution in [0.15, 0.2) is 0 Å². The van der Waals surface area contributed by atoms with E-state index in [0.717, 1.165) is 38.5 Å². The molecule has 3 aliphatic heterocycles. The number of aliphatic hydroxyl groups excluding tert-OH is 10. The van der Waals surface area contributed by atoms with Gasteiger partial charge in [0.2, 0.25) is 0 Å². The van der Waals surface area contributed by atoms with Crippen LogP contribution in [0.4, 0.5) is 0 Å². The Labute approximate surface area is 331 Å². The van der Waals surface area contributed by atoms with Gasteiger partial charge in [-0.15, -0.1) is 0 Å². The number of carboxylic acid groups (broad SMARTS) is 1. The average Bonchev–Trinajstić information content (AvgIpc) is 3.32. The van der Waals surface area contributed by atoms with Crippen molar-refractivity contribution in [3.63, 3.8) is 0 Å². The summed E-state index contributed by atoms with van der Waals surface area (Å²) in [4.78, 5) is 12.7.